The second-order valence-electron chi connectivity index (χ2n) is 5.74. The van der Waals surface area contributed by atoms with E-state index in [9.17, 15) is 13.2 Å². The first-order chi connectivity index (χ1) is 13.4. The number of sulfonamides is 1. The summed E-state index contributed by atoms with van der Waals surface area (Å²) in [6.07, 6.45) is 0. The lowest BCUT2D eigenvalue weighted by atomic mass is 10.3. The molecule has 0 aliphatic carbocycles. The monoisotopic (exact) mass is 414 g/mol. The molecule has 0 radical (unpaired) electrons. The van der Waals surface area contributed by atoms with Crippen molar-refractivity contribution in [3.05, 3.63) is 78.9 Å². The number of ether oxygens (including phenoxy) is 1. The number of nitrogens with two attached hydrogens (primary N) is 1. The van der Waals surface area contributed by atoms with Crippen LogP contribution in [0.2, 0.25) is 0 Å². The van der Waals surface area contributed by atoms with Crippen LogP contribution in [-0.4, -0.2) is 20.9 Å². The van der Waals surface area contributed by atoms with Gasteiger partial charge in [-0.3, -0.25) is 9.52 Å². The molecule has 0 aromatic heterocycles. The third-order valence-corrected chi connectivity index (χ3v) is 6.08. The Kier molecular flexibility index (Phi) is 6.23. The number of primary amides is 1. The van der Waals surface area contributed by atoms with Crippen LogP contribution in [0.3, 0.4) is 0 Å². The zero-order valence-electron chi connectivity index (χ0n) is 14.7. The summed E-state index contributed by atoms with van der Waals surface area (Å²) >= 11 is 1.47. The molecule has 3 rings (SSSR count). The Hall–Kier alpha value is -2.97. The Bertz CT molecular complexity index is 1050. The lowest BCUT2D eigenvalue weighted by molar-refractivity contribution is -0.119. The van der Waals surface area contributed by atoms with Crippen LogP contribution >= 0.6 is 11.8 Å². The lowest BCUT2D eigenvalue weighted by Crippen LogP contribution is -2.20. The molecule has 28 heavy (non-hydrogen) atoms. The maximum Gasteiger partial charge on any atom is 0.261 e. The number of nitrogens with one attached hydrogen (secondary N) is 1. The molecule has 3 N–H and O–H groups in total. The predicted octanol–water partition coefficient (Wildman–Crippen LogP) is 3.50. The van der Waals surface area contributed by atoms with Crippen LogP contribution < -0.4 is 15.2 Å². The third-order valence-electron chi connectivity index (χ3n) is 3.62. The van der Waals surface area contributed by atoms with Crippen LogP contribution in [0.15, 0.2) is 93.5 Å². The number of amides is 1. The van der Waals surface area contributed by atoms with Gasteiger partial charge in [-0.15, -0.1) is 0 Å². The highest BCUT2D eigenvalue weighted by atomic mass is 32.2. The smallest absolute Gasteiger partial charge is 0.261 e. The Labute approximate surface area is 167 Å². The van der Waals surface area contributed by atoms with Crippen molar-refractivity contribution in [3.8, 4) is 5.75 Å². The largest absolute Gasteiger partial charge is 0.484 e. The summed E-state index contributed by atoms with van der Waals surface area (Å²) in [6.45, 7) is -0.269. The molecule has 0 fully saturated rings. The van der Waals surface area contributed by atoms with Crippen LogP contribution in [-0.2, 0) is 14.8 Å². The van der Waals surface area contributed by atoms with Crippen molar-refractivity contribution in [1.82, 2.24) is 0 Å². The fraction of sp³-hybridized carbons (Fsp3) is 0.0500. The number of hydrogen-bond donors (Lipinski definition) is 2. The molecular weight excluding hydrogens is 396 g/mol. The molecule has 0 bridgehead atoms. The molecule has 8 heteroatoms. The molecule has 0 atom stereocenters. The summed E-state index contributed by atoms with van der Waals surface area (Å²) in [7, 11) is -3.79. The van der Waals surface area contributed by atoms with E-state index in [0.717, 1.165) is 9.79 Å². The maximum absolute atomic E-state index is 12.7. The Morgan fingerprint density at radius 2 is 1.57 bits per heavy atom. The molecule has 0 saturated heterocycles. The average molecular weight is 415 g/mol. The van der Waals surface area contributed by atoms with E-state index in [0.29, 0.717) is 11.4 Å². The molecule has 144 valence electrons. The molecule has 0 aliphatic rings. The summed E-state index contributed by atoms with van der Waals surface area (Å²) in [5, 5.41) is 0. The number of anilines is 1. The number of para-hydroxylation sites is 1. The molecule has 1 amide bonds. The van der Waals surface area contributed by atoms with Crippen LogP contribution in [0.5, 0.6) is 5.75 Å². The number of benzene rings is 3. The lowest BCUT2D eigenvalue weighted by Gasteiger charge is -2.13. The van der Waals surface area contributed by atoms with Crippen molar-refractivity contribution in [2.45, 2.75) is 14.7 Å². The second-order valence-corrected chi connectivity index (χ2v) is 8.54. The van der Waals surface area contributed by atoms with E-state index in [2.05, 4.69) is 4.72 Å². The summed E-state index contributed by atoms with van der Waals surface area (Å²) in [5.74, 6) is -0.247. The zero-order chi connectivity index (χ0) is 20.0. The van der Waals surface area contributed by atoms with Crippen molar-refractivity contribution in [2.24, 2.45) is 5.73 Å². The van der Waals surface area contributed by atoms with Gasteiger partial charge in [-0.25, -0.2) is 8.42 Å². The predicted molar refractivity (Wildman–Crippen MR) is 109 cm³/mol. The number of carbonyl (C=O) groups is 1. The van der Waals surface area contributed by atoms with Gasteiger partial charge in [0.2, 0.25) is 0 Å². The maximum atomic E-state index is 12.7. The van der Waals surface area contributed by atoms with Gasteiger partial charge in [-0.05, 0) is 48.5 Å². The minimum atomic E-state index is -3.79. The van der Waals surface area contributed by atoms with Crippen molar-refractivity contribution < 1.29 is 17.9 Å². The molecule has 0 heterocycles. The highest BCUT2D eigenvalue weighted by Gasteiger charge is 2.16. The highest BCUT2D eigenvalue weighted by molar-refractivity contribution is 7.99. The van der Waals surface area contributed by atoms with Crippen LogP contribution in [0.4, 0.5) is 5.69 Å². The van der Waals surface area contributed by atoms with E-state index in [-0.39, 0.29) is 11.5 Å². The van der Waals surface area contributed by atoms with Gasteiger partial charge >= 0.3 is 0 Å². The van der Waals surface area contributed by atoms with E-state index in [1.807, 2.05) is 42.5 Å². The molecule has 3 aromatic rings. The first-order valence-corrected chi connectivity index (χ1v) is 10.6. The average Bonchev–Trinajstić information content (AvgIpc) is 2.69. The number of rotatable bonds is 8. The van der Waals surface area contributed by atoms with Crippen LogP contribution in [0, 0.1) is 0 Å². The van der Waals surface area contributed by atoms with E-state index in [1.165, 1.54) is 36.0 Å². The van der Waals surface area contributed by atoms with Gasteiger partial charge in [0.05, 0.1) is 10.6 Å². The normalized spacial score (nSPS) is 11.0. The minimum Gasteiger partial charge on any atom is -0.484 e. The van der Waals surface area contributed by atoms with Crippen molar-refractivity contribution in [1.29, 1.82) is 0 Å². The van der Waals surface area contributed by atoms with Gasteiger partial charge in [0.1, 0.15) is 5.75 Å². The van der Waals surface area contributed by atoms with Gasteiger partial charge in [0, 0.05) is 9.79 Å². The highest BCUT2D eigenvalue weighted by Crippen LogP contribution is 2.34. The summed E-state index contributed by atoms with van der Waals surface area (Å²) in [6, 6.07) is 22.7. The van der Waals surface area contributed by atoms with Gasteiger partial charge in [0.25, 0.3) is 15.9 Å². The fourth-order valence-corrected chi connectivity index (χ4v) is 4.40. The number of carbonyl (C=O) groups excluding carboxylic acids is 1. The number of hydrogen-bond acceptors (Lipinski definition) is 5. The van der Waals surface area contributed by atoms with E-state index < -0.39 is 15.9 Å². The molecule has 0 spiro atoms. The standard InChI is InChI=1S/C20H18N2O4S2/c21-20(23)14-26-15-10-12-17(13-11-15)28(24,25)22-18-8-4-5-9-19(18)27-16-6-2-1-3-7-16/h1-13,22H,14H2,(H2,21,23). The van der Waals surface area contributed by atoms with Crippen molar-refractivity contribution in [3.63, 3.8) is 0 Å². The van der Waals surface area contributed by atoms with Gasteiger partial charge < -0.3 is 10.5 Å². The fourth-order valence-electron chi connectivity index (χ4n) is 2.33. The van der Waals surface area contributed by atoms with Crippen molar-refractivity contribution in [2.75, 3.05) is 11.3 Å². The molecular formula is C20H18N2O4S2. The van der Waals surface area contributed by atoms with E-state index >= 15 is 0 Å². The summed E-state index contributed by atoms with van der Waals surface area (Å²) in [4.78, 5) is 12.6. The first-order valence-electron chi connectivity index (χ1n) is 8.30. The summed E-state index contributed by atoms with van der Waals surface area (Å²) in [5.41, 5.74) is 5.51. The van der Waals surface area contributed by atoms with E-state index in [4.69, 9.17) is 10.5 Å². The zero-order valence-corrected chi connectivity index (χ0v) is 16.4. The molecule has 0 saturated carbocycles. The molecule has 3 aromatic carbocycles. The first kappa shape index (κ1) is 19.8. The van der Waals surface area contributed by atoms with Crippen LogP contribution in [0.25, 0.3) is 0 Å². The quantitative estimate of drug-likeness (QED) is 0.588. The Morgan fingerprint density at radius 3 is 2.25 bits per heavy atom. The third kappa shape index (κ3) is 5.28. The van der Waals surface area contributed by atoms with Gasteiger partial charge in [0.15, 0.2) is 6.61 Å². The SMILES string of the molecule is NC(=O)COc1ccc(S(=O)(=O)Nc2ccccc2Sc2ccccc2)cc1. The van der Waals surface area contributed by atoms with Crippen LogP contribution in [0.1, 0.15) is 0 Å². The molecule has 6 nitrogen and oxygen atoms in total. The van der Waals surface area contributed by atoms with Gasteiger partial charge in [-0.1, -0.05) is 42.1 Å². The summed E-state index contributed by atoms with van der Waals surface area (Å²) < 4.78 is 33.3. The molecule has 0 unspecified atom stereocenters. The Balaban J connectivity index is 1.78. The van der Waals surface area contributed by atoms with Gasteiger partial charge in [-0.2, -0.15) is 0 Å². The minimum absolute atomic E-state index is 0.0819. The molecule has 0 aliphatic heterocycles. The van der Waals surface area contributed by atoms with Crippen molar-refractivity contribution >= 4 is 33.4 Å². The Morgan fingerprint density at radius 1 is 0.929 bits per heavy atom. The topological polar surface area (TPSA) is 98.5 Å². The van der Waals surface area contributed by atoms with E-state index in [1.54, 1.807) is 12.1 Å². The second kappa shape index (κ2) is 8.81.